The molecule has 0 saturated heterocycles. The Kier molecular flexibility index (Phi) is 3.61. The third-order valence-corrected chi connectivity index (χ3v) is 3.40. The average molecular weight is 234 g/mol. The number of nitro benzene ring substituents is 1. The van der Waals surface area contributed by atoms with Gasteiger partial charge in [-0.1, -0.05) is 18.9 Å². The molecule has 0 unspecified atom stereocenters. The Morgan fingerprint density at radius 1 is 1.41 bits per heavy atom. The molecule has 1 aromatic rings. The number of nitro groups is 1. The number of hydrogen-bond acceptors (Lipinski definition) is 3. The smallest absolute Gasteiger partial charge is 0.292 e. The predicted octanol–water partition coefficient (Wildman–Crippen LogP) is 3.51. The summed E-state index contributed by atoms with van der Waals surface area (Å²) in [6.45, 7) is 2.80. The summed E-state index contributed by atoms with van der Waals surface area (Å²) in [6, 6.07) is 5.21. The van der Waals surface area contributed by atoms with Crippen molar-refractivity contribution in [2.45, 2.75) is 32.6 Å². The molecule has 0 spiro atoms. The highest BCUT2D eigenvalue weighted by Gasteiger charge is 2.17. The van der Waals surface area contributed by atoms with Crippen LogP contribution in [0.25, 0.3) is 0 Å². The molecule has 0 aromatic heterocycles. The zero-order chi connectivity index (χ0) is 12.3. The fourth-order valence-corrected chi connectivity index (χ4v) is 2.42. The summed E-state index contributed by atoms with van der Waals surface area (Å²) in [5.74, 6) is 0.676. The van der Waals surface area contributed by atoms with Crippen molar-refractivity contribution in [3.63, 3.8) is 0 Å². The molecule has 0 amide bonds. The third kappa shape index (κ3) is 2.96. The van der Waals surface area contributed by atoms with Crippen LogP contribution in [0, 0.1) is 23.0 Å². The summed E-state index contributed by atoms with van der Waals surface area (Å²) >= 11 is 0. The van der Waals surface area contributed by atoms with Gasteiger partial charge in [-0.05, 0) is 37.3 Å². The van der Waals surface area contributed by atoms with Gasteiger partial charge in [0.15, 0.2) is 0 Å². The lowest BCUT2D eigenvalue weighted by Crippen LogP contribution is -2.12. The molecule has 1 aromatic carbocycles. The molecule has 0 bridgehead atoms. The third-order valence-electron chi connectivity index (χ3n) is 3.40. The van der Waals surface area contributed by atoms with E-state index in [1.807, 2.05) is 13.0 Å². The lowest BCUT2D eigenvalue weighted by Gasteiger charge is -2.12. The van der Waals surface area contributed by atoms with Gasteiger partial charge in [0.1, 0.15) is 5.69 Å². The summed E-state index contributed by atoms with van der Waals surface area (Å²) in [6.07, 6.45) is 5.07. The molecule has 17 heavy (non-hydrogen) atoms. The first-order valence-corrected chi connectivity index (χ1v) is 6.16. The van der Waals surface area contributed by atoms with Crippen LogP contribution >= 0.6 is 0 Å². The Bertz CT molecular complexity index is 412. The molecule has 0 atom stereocenters. The quantitative estimate of drug-likeness (QED) is 0.640. The van der Waals surface area contributed by atoms with E-state index in [2.05, 4.69) is 5.32 Å². The Labute approximate surface area is 101 Å². The normalized spacial score (nSPS) is 16.1. The molecule has 0 radical (unpaired) electrons. The van der Waals surface area contributed by atoms with Gasteiger partial charge in [-0.2, -0.15) is 0 Å². The maximum atomic E-state index is 10.9. The second-order valence-electron chi connectivity index (χ2n) is 4.81. The van der Waals surface area contributed by atoms with Crippen LogP contribution in [0.3, 0.4) is 0 Å². The van der Waals surface area contributed by atoms with Crippen LogP contribution in [0.15, 0.2) is 18.2 Å². The van der Waals surface area contributed by atoms with Crippen molar-refractivity contribution in [2.75, 3.05) is 11.9 Å². The Morgan fingerprint density at radius 3 is 2.76 bits per heavy atom. The standard InChI is InChI=1S/C13H18N2O2/c1-10-6-7-13(15(16)17)12(8-10)14-9-11-4-2-3-5-11/h6-8,11,14H,2-5,9H2,1H3. The van der Waals surface area contributed by atoms with Crippen molar-refractivity contribution in [2.24, 2.45) is 5.92 Å². The number of nitrogens with one attached hydrogen (secondary N) is 1. The summed E-state index contributed by atoms with van der Waals surface area (Å²) < 4.78 is 0. The summed E-state index contributed by atoms with van der Waals surface area (Å²) in [4.78, 5) is 10.6. The molecule has 4 heteroatoms. The van der Waals surface area contributed by atoms with E-state index in [1.165, 1.54) is 25.7 Å². The fourth-order valence-electron chi connectivity index (χ4n) is 2.42. The van der Waals surface area contributed by atoms with Crippen LogP contribution in [-0.4, -0.2) is 11.5 Å². The van der Waals surface area contributed by atoms with Gasteiger partial charge in [-0.3, -0.25) is 10.1 Å². The van der Waals surface area contributed by atoms with Crippen molar-refractivity contribution in [3.8, 4) is 0 Å². The zero-order valence-electron chi connectivity index (χ0n) is 10.1. The van der Waals surface area contributed by atoms with Crippen LogP contribution in [-0.2, 0) is 0 Å². The van der Waals surface area contributed by atoms with Crippen molar-refractivity contribution in [1.82, 2.24) is 0 Å². The van der Waals surface area contributed by atoms with E-state index in [0.717, 1.165) is 12.1 Å². The van der Waals surface area contributed by atoms with Crippen LogP contribution in [0.1, 0.15) is 31.2 Å². The van der Waals surface area contributed by atoms with Crippen LogP contribution < -0.4 is 5.32 Å². The second-order valence-corrected chi connectivity index (χ2v) is 4.81. The van der Waals surface area contributed by atoms with E-state index < -0.39 is 0 Å². The summed E-state index contributed by atoms with van der Waals surface area (Å²) in [5, 5.41) is 14.1. The molecular formula is C13H18N2O2. The molecule has 1 aliphatic rings. The number of benzene rings is 1. The fraction of sp³-hybridized carbons (Fsp3) is 0.538. The van der Waals surface area contributed by atoms with E-state index in [1.54, 1.807) is 12.1 Å². The zero-order valence-corrected chi connectivity index (χ0v) is 10.1. The van der Waals surface area contributed by atoms with Gasteiger partial charge in [0.05, 0.1) is 4.92 Å². The highest BCUT2D eigenvalue weighted by atomic mass is 16.6. The summed E-state index contributed by atoms with van der Waals surface area (Å²) in [7, 11) is 0. The number of aryl methyl sites for hydroxylation is 1. The first-order valence-electron chi connectivity index (χ1n) is 6.16. The predicted molar refractivity (Wildman–Crippen MR) is 68.3 cm³/mol. The molecule has 0 aliphatic heterocycles. The van der Waals surface area contributed by atoms with E-state index >= 15 is 0 Å². The van der Waals surface area contributed by atoms with Crippen molar-refractivity contribution < 1.29 is 4.92 Å². The maximum Gasteiger partial charge on any atom is 0.292 e. The largest absolute Gasteiger partial charge is 0.379 e. The van der Waals surface area contributed by atoms with Crippen molar-refractivity contribution in [1.29, 1.82) is 0 Å². The van der Waals surface area contributed by atoms with Crippen LogP contribution in [0.4, 0.5) is 11.4 Å². The number of anilines is 1. The molecule has 2 rings (SSSR count). The van der Waals surface area contributed by atoms with Gasteiger partial charge < -0.3 is 5.32 Å². The van der Waals surface area contributed by atoms with Gasteiger partial charge in [0.2, 0.25) is 0 Å². The highest BCUT2D eigenvalue weighted by Crippen LogP contribution is 2.28. The molecule has 0 heterocycles. The number of nitrogens with zero attached hydrogens (tertiary/aromatic N) is 1. The minimum Gasteiger partial charge on any atom is -0.379 e. The Hall–Kier alpha value is -1.58. The van der Waals surface area contributed by atoms with Gasteiger partial charge in [-0.15, -0.1) is 0 Å². The van der Waals surface area contributed by atoms with Crippen LogP contribution in [0.2, 0.25) is 0 Å². The Morgan fingerprint density at radius 2 is 2.12 bits per heavy atom. The minimum absolute atomic E-state index is 0.175. The van der Waals surface area contributed by atoms with E-state index in [0.29, 0.717) is 11.6 Å². The van der Waals surface area contributed by atoms with Crippen molar-refractivity contribution >= 4 is 11.4 Å². The number of rotatable bonds is 4. The molecule has 92 valence electrons. The maximum absolute atomic E-state index is 10.9. The molecule has 1 fully saturated rings. The van der Waals surface area contributed by atoms with Crippen molar-refractivity contribution in [3.05, 3.63) is 33.9 Å². The highest BCUT2D eigenvalue weighted by molar-refractivity contribution is 5.62. The van der Waals surface area contributed by atoms with E-state index in [-0.39, 0.29) is 10.6 Å². The van der Waals surface area contributed by atoms with Gasteiger partial charge in [0, 0.05) is 12.6 Å². The second kappa shape index (κ2) is 5.17. The average Bonchev–Trinajstić information content (AvgIpc) is 2.78. The first-order chi connectivity index (χ1) is 8.16. The van der Waals surface area contributed by atoms with Gasteiger partial charge >= 0.3 is 0 Å². The monoisotopic (exact) mass is 234 g/mol. The van der Waals surface area contributed by atoms with Gasteiger partial charge in [0.25, 0.3) is 5.69 Å². The lowest BCUT2D eigenvalue weighted by molar-refractivity contribution is -0.384. The van der Waals surface area contributed by atoms with E-state index in [4.69, 9.17) is 0 Å². The van der Waals surface area contributed by atoms with E-state index in [9.17, 15) is 10.1 Å². The topological polar surface area (TPSA) is 55.2 Å². The number of hydrogen-bond donors (Lipinski definition) is 1. The molecule has 1 N–H and O–H groups in total. The molecule has 1 aliphatic carbocycles. The summed E-state index contributed by atoms with van der Waals surface area (Å²) in [5.41, 5.74) is 1.88. The first kappa shape index (κ1) is 11.9. The molecule has 4 nitrogen and oxygen atoms in total. The minimum atomic E-state index is -0.323. The van der Waals surface area contributed by atoms with Crippen LogP contribution in [0.5, 0.6) is 0 Å². The van der Waals surface area contributed by atoms with Gasteiger partial charge in [-0.25, -0.2) is 0 Å². The molecule has 1 saturated carbocycles. The Balaban J connectivity index is 2.07. The SMILES string of the molecule is Cc1ccc([N+](=O)[O-])c(NCC2CCCC2)c1. The molecular weight excluding hydrogens is 216 g/mol. The lowest BCUT2D eigenvalue weighted by atomic mass is 10.1.